The van der Waals surface area contributed by atoms with Crippen LogP contribution in [0.1, 0.15) is 12.5 Å². The zero-order valence-corrected chi connectivity index (χ0v) is 9.76. The molecule has 0 saturated carbocycles. The number of likely N-dealkylation sites (N-methyl/N-ethyl adjacent to an activating group) is 1. The van der Waals surface area contributed by atoms with E-state index in [-0.39, 0.29) is 0 Å². The predicted molar refractivity (Wildman–Crippen MR) is 59.7 cm³/mol. The van der Waals surface area contributed by atoms with Crippen LogP contribution < -0.4 is 11.1 Å². The lowest BCUT2D eigenvalue weighted by Crippen LogP contribution is -2.48. The van der Waals surface area contributed by atoms with E-state index in [9.17, 15) is 4.79 Å². The summed E-state index contributed by atoms with van der Waals surface area (Å²) in [6.07, 6.45) is 0. The van der Waals surface area contributed by atoms with Crippen molar-refractivity contribution in [2.24, 2.45) is 5.73 Å². The maximum atomic E-state index is 11.3. The molecule has 0 fully saturated rings. The molecule has 0 spiro atoms. The Bertz CT molecular complexity index is 354. The van der Waals surface area contributed by atoms with Crippen LogP contribution in [0.4, 0.5) is 0 Å². The number of carbonyl (C=O) groups excluding carboxylic acids is 1. The van der Waals surface area contributed by atoms with E-state index >= 15 is 0 Å². The van der Waals surface area contributed by atoms with Crippen LogP contribution >= 0.6 is 15.9 Å². The molecule has 1 aromatic rings. The molecule has 1 unspecified atom stereocenters. The number of amides is 1. The maximum Gasteiger partial charge on any atom is 0.242 e. The van der Waals surface area contributed by atoms with E-state index in [2.05, 4.69) is 21.2 Å². The van der Waals surface area contributed by atoms with Gasteiger partial charge >= 0.3 is 0 Å². The van der Waals surface area contributed by atoms with Crippen LogP contribution in [-0.4, -0.2) is 13.0 Å². The Hall–Kier alpha value is -0.870. The van der Waals surface area contributed by atoms with E-state index in [1.165, 1.54) is 0 Å². The molecule has 0 aliphatic carbocycles. The van der Waals surface area contributed by atoms with Crippen LogP contribution in [0.3, 0.4) is 0 Å². The molecular weight excluding hydrogens is 244 g/mol. The second kappa shape index (κ2) is 4.11. The van der Waals surface area contributed by atoms with Crippen LogP contribution in [0.2, 0.25) is 0 Å². The van der Waals surface area contributed by atoms with Gasteiger partial charge in [0.15, 0.2) is 0 Å². The number of hydrogen-bond donors (Lipinski definition) is 2. The van der Waals surface area contributed by atoms with Crippen molar-refractivity contribution in [3.8, 4) is 0 Å². The molecule has 1 amide bonds. The van der Waals surface area contributed by atoms with E-state index in [0.717, 1.165) is 10.0 Å². The number of nitrogens with one attached hydrogen (secondary N) is 1. The highest BCUT2D eigenvalue weighted by Gasteiger charge is 2.31. The summed E-state index contributed by atoms with van der Waals surface area (Å²) in [6.45, 7) is 1.76. The van der Waals surface area contributed by atoms with E-state index in [1.54, 1.807) is 14.0 Å². The van der Waals surface area contributed by atoms with Gasteiger partial charge in [0.2, 0.25) is 5.91 Å². The summed E-state index contributed by atoms with van der Waals surface area (Å²) < 4.78 is 0.928. The summed E-state index contributed by atoms with van der Waals surface area (Å²) in [7, 11) is 1.71. The summed E-state index contributed by atoms with van der Waals surface area (Å²) in [6, 6.07) is 7.52. The molecular formula is C10H13BrN2O. The number of carbonyl (C=O) groups is 1. The van der Waals surface area contributed by atoms with Crippen LogP contribution in [0, 0.1) is 0 Å². The van der Waals surface area contributed by atoms with Crippen LogP contribution in [0.5, 0.6) is 0 Å². The highest BCUT2D eigenvalue weighted by atomic mass is 79.9. The average molecular weight is 257 g/mol. The van der Waals surface area contributed by atoms with Crippen molar-refractivity contribution in [3.63, 3.8) is 0 Å². The van der Waals surface area contributed by atoms with E-state index in [0.29, 0.717) is 0 Å². The molecule has 0 radical (unpaired) electrons. The summed E-state index contributed by atoms with van der Waals surface area (Å²) in [5, 5.41) is 2.93. The normalized spacial score (nSPS) is 14.8. The zero-order valence-electron chi connectivity index (χ0n) is 8.17. The van der Waals surface area contributed by atoms with Crippen molar-refractivity contribution in [1.29, 1.82) is 0 Å². The minimum Gasteiger partial charge on any atom is -0.368 e. The van der Waals surface area contributed by atoms with E-state index in [1.807, 2.05) is 24.3 Å². The highest BCUT2D eigenvalue weighted by molar-refractivity contribution is 9.10. The van der Waals surface area contributed by atoms with Gasteiger partial charge in [-0.1, -0.05) is 28.1 Å². The van der Waals surface area contributed by atoms with Crippen molar-refractivity contribution in [2.75, 3.05) is 7.05 Å². The largest absolute Gasteiger partial charge is 0.368 e. The first-order valence-corrected chi connectivity index (χ1v) is 5.05. The van der Waals surface area contributed by atoms with Gasteiger partial charge in [0.25, 0.3) is 0 Å². The summed E-state index contributed by atoms with van der Waals surface area (Å²) in [5.41, 5.74) is 5.38. The van der Waals surface area contributed by atoms with Gasteiger partial charge in [-0.3, -0.25) is 4.79 Å². The second-order valence-corrected chi connectivity index (χ2v) is 4.17. The van der Waals surface area contributed by atoms with Crippen LogP contribution in [0.25, 0.3) is 0 Å². The predicted octanol–water partition coefficient (Wildman–Crippen LogP) is 1.37. The molecule has 0 aliphatic heterocycles. The number of nitrogens with two attached hydrogens (primary N) is 1. The third kappa shape index (κ3) is 1.96. The van der Waals surface area contributed by atoms with Crippen molar-refractivity contribution < 1.29 is 4.79 Å². The minimum atomic E-state index is -0.816. The Labute approximate surface area is 91.8 Å². The van der Waals surface area contributed by atoms with Crippen LogP contribution in [0.15, 0.2) is 28.7 Å². The van der Waals surface area contributed by atoms with Crippen molar-refractivity contribution in [3.05, 3.63) is 34.3 Å². The Morgan fingerprint density at radius 3 is 2.64 bits per heavy atom. The SMILES string of the molecule is CNC(C)(C(N)=O)c1cccc(Br)c1. The number of benzene rings is 1. The third-order valence-corrected chi connectivity index (χ3v) is 2.89. The Kier molecular flexibility index (Phi) is 3.29. The fraction of sp³-hybridized carbons (Fsp3) is 0.300. The lowest BCUT2D eigenvalue weighted by Gasteiger charge is -2.26. The maximum absolute atomic E-state index is 11.3. The van der Waals surface area contributed by atoms with Gasteiger partial charge in [-0.2, -0.15) is 0 Å². The van der Waals surface area contributed by atoms with E-state index < -0.39 is 11.4 Å². The van der Waals surface area contributed by atoms with Crippen molar-refractivity contribution in [2.45, 2.75) is 12.5 Å². The second-order valence-electron chi connectivity index (χ2n) is 3.25. The first-order chi connectivity index (χ1) is 6.50. The van der Waals surface area contributed by atoms with Gasteiger partial charge in [0, 0.05) is 4.47 Å². The molecule has 1 rings (SSSR count). The molecule has 1 aromatic carbocycles. The third-order valence-electron chi connectivity index (χ3n) is 2.39. The molecule has 3 nitrogen and oxygen atoms in total. The Morgan fingerprint density at radius 2 is 2.21 bits per heavy atom. The Balaban J connectivity index is 3.19. The Morgan fingerprint density at radius 1 is 1.57 bits per heavy atom. The van der Waals surface area contributed by atoms with Gasteiger partial charge in [-0.05, 0) is 31.7 Å². The molecule has 0 aromatic heterocycles. The van der Waals surface area contributed by atoms with Crippen molar-refractivity contribution >= 4 is 21.8 Å². The number of primary amides is 1. The minimum absolute atomic E-state index is 0.391. The zero-order chi connectivity index (χ0) is 10.8. The number of halogens is 1. The van der Waals surface area contributed by atoms with E-state index in [4.69, 9.17) is 5.73 Å². The first-order valence-electron chi connectivity index (χ1n) is 4.25. The number of hydrogen-bond acceptors (Lipinski definition) is 2. The molecule has 0 saturated heterocycles. The quantitative estimate of drug-likeness (QED) is 0.859. The fourth-order valence-corrected chi connectivity index (χ4v) is 1.61. The smallest absolute Gasteiger partial charge is 0.242 e. The topological polar surface area (TPSA) is 55.1 Å². The lowest BCUT2D eigenvalue weighted by atomic mass is 9.92. The van der Waals surface area contributed by atoms with Crippen molar-refractivity contribution in [1.82, 2.24) is 5.32 Å². The van der Waals surface area contributed by atoms with Crippen LogP contribution in [-0.2, 0) is 10.3 Å². The molecule has 14 heavy (non-hydrogen) atoms. The molecule has 0 aliphatic rings. The average Bonchev–Trinajstić information content (AvgIpc) is 2.16. The van der Waals surface area contributed by atoms with Gasteiger partial charge in [0.1, 0.15) is 5.54 Å². The first kappa shape index (κ1) is 11.2. The van der Waals surface area contributed by atoms with Gasteiger partial charge in [-0.15, -0.1) is 0 Å². The van der Waals surface area contributed by atoms with Gasteiger partial charge < -0.3 is 11.1 Å². The highest BCUT2D eigenvalue weighted by Crippen LogP contribution is 2.22. The molecule has 76 valence electrons. The summed E-state index contributed by atoms with van der Waals surface area (Å²) >= 11 is 3.35. The molecule has 1 atom stereocenters. The lowest BCUT2D eigenvalue weighted by molar-refractivity contribution is -0.123. The summed E-state index contributed by atoms with van der Waals surface area (Å²) in [5.74, 6) is -0.391. The monoisotopic (exact) mass is 256 g/mol. The molecule has 3 N–H and O–H groups in total. The van der Waals surface area contributed by atoms with Gasteiger partial charge in [0.05, 0.1) is 0 Å². The molecule has 0 bridgehead atoms. The fourth-order valence-electron chi connectivity index (χ4n) is 1.21. The number of rotatable bonds is 3. The standard InChI is InChI=1S/C10H13BrN2O/c1-10(13-2,9(12)14)7-4-3-5-8(11)6-7/h3-6,13H,1-2H3,(H2,12,14). The summed E-state index contributed by atoms with van der Waals surface area (Å²) in [4.78, 5) is 11.3. The molecule has 0 heterocycles. The van der Waals surface area contributed by atoms with Gasteiger partial charge in [-0.25, -0.2) is 0 Å². The molecule has 4 heteroatoms.